The molecule has 6 heteroatoms. The second kappa shape index (κ2) is 13.9. The zero-order valence-electron chi connectivity index (χ0n) is 20.7. The molecular formula is C30H34O6. The summed E-state index contributed by atoms with van der Waals surface area (Å²) < 4.78 is 30.1. The third kappa shape index (κ3) is 7.73. The van der Waals surface area contributed by atoms with Crippen molar-refractivity contribution in [2.75, 3.05) is 13.7 Å². The molecule has 1 fully saturated rings. The monoisotopic (exact) mass is 490 g/mol. The molecule has 0 amide bonds. The largest absolute Gasteiger partial charge is 0.469 e. The number of ether oxygens (including phenoxy) is 5. The summed E-state index contributed by atoms with van der Waals surface area (Å²) in [5, 5.41) is 0. The number of benzene rings is 3. The summed E-state index contributed by atoms with van der Waals surface area (Å²) in [6.45, 7) is 1.69. The zero-order valence-corrected chi connectivity index (χ0v) is 20.7. The van der Waals surface area contributed by atoms with Gasteiger partial charge in [-0.05, 0) is 23.1 Å². The number of rotatable bonds is 13. The van der Waals surface area contributed by atoms with Crippen molar-refractivity contribution < 1.29 is 28.5 Å². The van der Waals surface area contributed by atoms with Crippen LogP contribution in [-0.4, -0.2) is 44.1 Å². The maximum Gasteiger partial charge on any atom is 0.305 e. The van der Waals surface area contributed by atoms with Gasteiger partial charge in [0.2, 0.25) is 0 Å². The van der Waals surface area contributed by atoms with Gasteiger partial charge in [0, 0.05) is 6.42 Å². The van der Waals surface area contributed by atoms with Crippen molar-refractivity contribution in [2.24, 2.45) is 0 Å². The minimum atomic E-state index is -0.358. The first kappa shape index (κ1) is 26.0. The van der Waals surface area contributed by atoms with E-state index in [0.717, 1.165) is 16.7 Å². The Balaban J connectivity index is 1.47. The fourth-order valence-corrected chi connectivity index (χ4v) is 4.34. The van der Waals surface area contributed by atoms with E-state index in [-0.39, 0.29) is 36.8 Å². The van der Waals surface area contributed by atoms with Crippen molar-refractivity contribution in [3.63, 3.8) is 0 Å². The molecule has 3 aromatic carbocycles. The van der Waals surface area contributed by atoms with Gasteiger partial charge >= 0.3 is 5.97 Å². The molecule has 1 saturated heterocycles. The van der Waals surface area contributed by atoms with Crippen LogP contribution in [0.15, 0.2) is 91.0 Å². The van der Waals surface area contributed by atoms with Crippen LogP contribution >= 0.6 is 0 Å². The van der Waals surface area contributed by atoms with Crippen molar-refractivity contribution in [2.45, 2.75) is 57.1 Å². The van der Waals surface area contributed by atoms with Crippen molar-refractivity contribution in [1.29, 1.82) is 0 Å². The minimum absolute atomic E-state index is 0.245. The lowest BCUT2D eigenvalue weighted by atomic mass is 10.0. The Hall–Kier alpha value is -3.03. The molecule has 0 aliphatic carbocycles. The van der Waals surface area contributed by atoms with E-state index in [4.69, 9.17) is 23.7 Å². The predicted octanol–water partition coefficient (Wildman–Crippen LogP) is 5.09. The summed E-state index contributed by atoms with van der Waals surface area (Å²) >= 11 is 0. The lowest BCUT2D eigenvalue weighted by molar-refractivity contribution is -0.142. The van der Waals surface area contributed by atoms with E-state index in [1.54, 1.807) is 0 Å². The molecule has 190 valence electrons. The molecule has 6 nitrogen and oxygen atoms in total. The Morgan fingerprint density at radius 3 is 1.67 bits per heavy atom. The van der Waals surface area contributed by atoms with Gasteiger partial charge in [0.05, 0.1) is 39.6 Å². The number of esters is 1. The Labute approximate surface area is 213 Å². The zero-order chi connectivity index (χ0) is 25.0. The van der Waals surface area contributed by atoms with Gasteiger partial charge in [0.25, 0.3) is 0 Å². The molecular weight excluding hydrogens is 456 g/mol. The van der Waals surface area contributed by atoms with Gasteiger partial charge in [-0.25, -0.2) is 0 Å². The van der Waals surface area contributed by atoms with Crippen LogP contribution in [0.5, 0.6) is 0 Å². The van der Waals surface area contributed by atoms with Crippen LogP contribution in [0, 0.1) is 0 Å². The van der Waals surface area contributed by atoms with Crippen molar-refractivity contribution in [1.82, 2.24) is 0 Å². The predicted molar refractivity (Wildman–Crippen MR) is 136 cm³/mol. The second-order valence-corrected chi connectivity index (χ2v) is 8.85. The molecule has 0 radical (unpaired) electrons. The quantitative estimate of drug-likeness (QED) is 0.311. The lowest BCUT2D eigenvalue weighted by Gasteiger charge is -2.25. The standard InChI is InChI=1S/C30H34O6/c1-32-28(31)18-17-26-29(34-20-24-13-7-3-8-14-24)30(35-21-25-15-9-4-10-16-25)27(36-26)22-33-19-23-11-5-2-6-12-23/h2-16,26-27,29-30H,17-22H2,1H3/t26-,27+,29-,30+/m0/s1. The molecule has 4 atom stereocenters. The highest BCUT2D eigenvalue weighted by atomic mass is 16.6. The average molecular weight is 491 g/mol. The highest BCUT2D eigenvalue weighted by molar-refractivity contribution is 5.69. The Kier molecular flexibility index (Phi) is 10.1. The van der Waals surface area contributed by atoms with Crippen LogP contribution in [0.4, 0.5) is 0 Å². The van der Waals surface area contributed by atoms with Gasteiger partial charge in [-0.1, -0.05) is 91.0 Å². The molecule has 1 aliphatic heterocycles. The number of hydrogen-bond donors (Lipinski definition) is 0. The van der Waals surface area contributed by atoms with Crippen LogP contribution in [0.25, 0.3) is 0 Å². The highest BCUT2D eigenvalue weighted by Crippen LogP contribution is 2.31. The maximum absolute atomic E-state index is 11.9. The first-order valence-corrected chi connectivity index (χ1v) is 12.4. The van der Waals surface area contributed by atoms with Crippen molar-refractivity contribution >= 4 is 5.97 Å². The first-order chi connectivity index (χ1) is 17.7. The summed E-state index contributed by atoms with van der Waals surface area (Å²) in [5.41, 5.74) is 3.23. The van der Waals surface area contributed by atoms with E-state index in [0.29, 0.717) is 32.8 Å². The van der Waals surface area contributed by atoms with E-state index in [2.05, 4.69) is 0 Å². The Morgan fingerprint density at radius 1 is 0.694 bits per heavy atom. The van der Waals surface area contributed by atoms with Crippen molar-refractivity contribution in [3.05, 3.63) is 108 Å². The Bertz CT molecular complexity index is 1030. The van der Waals surface area contributed by atoms with Crippen LogP contribution in [0.1, 0.15) is 29.5 Å². The maximum atomic E-state index is 11.9. The van der Waals surface area contributed by atoms with E-state index in [1.165, 1.54) is 7.11 Å². The lowest BCUT2D eigenvalue weighted by Crippen LogP contribution is -2.39. The molecule has 0 unspecified atom stereocenters. The molecule has 1 heterocycles. The Morgan fingerprint density at radius 2 is 1.17 bits per heavy atom. The average Bonchev–Trinajstić information content (AvgIpc) is 3.27. The van der Waals surface area contributed by atoms with Gasteiger partial charge in [-0.3, -0.25) is 4.79 Å². The van der Waals surface area contributed by atoms with Gasteiger partial charge < -0.3 is 23.7 Å². The van der Waals surface area contributed by atoms with E-state index in [9.17, 15) is 4.79 Å². The van der Waals surface area contributed by atoms with Crippen molar-refractivity contribution in [3.8, 4) is 0 Å². The van der Waals surface area contributed by atoms with E-state index in [1.807, 2.05) is 91.0 Å². The fourth-order valence-electron chi connectivity index (χ4n) is 4.34. The molecule has 0 spiro atoms. The molecule has 36 heavy (non-hydrogen) atoms. The number of carbonyl (C=O) groups excluding carboxylic acids is 1. The molecule has 0 bridgehead atoms. The third-order valence-corrected chi connectivity index (χ3v) is 6.23. The molecule has 3 aromatic rings. The van der Waals surface area contributed by atoms with Crippen LogP contribution in [0.2, 0.25) is 0 Å². The summed E-state index contributed by atoms with van der Waals surface area (Å²) in [6, 6.07) is 30.1. The van der Waals surface area contributed by atoms with Crippen LogP contribution < -0.4 is 0 Å². The summed E-state index contributed by atoms with van der Waals surface area (Å²) in [5.74, 6) is -0.272. The molecule has 1 aliphatic rings. The van der Waals surface area contributed by atoms with Gasteiger partial charge in [-0.2, -0.15) is 0 Å². The number of carbonyl (C=O) groups is 1. The fraction of sp³-hybridized carbons (Fsp3) is 0.367. The van der Waals surface area contributed by atoms with Crippen LogP contribution in [0.3, 0.4) is 0 Å². The van der Waals surface area contributed by atoms with Gasteiger partial charge in [-0.15, -0.1) is 0 Å². The molecule has 4 rings (SSSR count). The van der Waals surface area contributed by atoms with E-state index >= 15 is 0 Å². The highest BCUT2D eigenvalue weighted by Gasteiger charge is 2.46. The topological polar surface area (TPSA) is 63.2 Å². The normalized spacial score (nSPS) is 21.4. The van der Waals surface area contributed by atoms with E-state index < -0.39 is 0 Å². The molecule has 0 aromatic heterocycles. The number of methoxy groups -OCH3 is 1. The SMILES string of the molecule is COC(=O)CC[C@@H]1O[C@H](COCc2ccccc2)[C@@H](OCc2ccccc2)[C@H]1OCc1ccccc1. The van der Waals surface area contributed by atoms with Gasteiger partial charge in [0.1, 0.15) is 18.3 Å². The number of hydrogen-bond acceptors (Lipinski definition) is 6. The first-order valence-electron chi connectivity index (χ1n) is 12.4. The molecule has 0 N–H and O–H groups in total. The smallest absolute Gasteiger partial charge is 0.305 e. The third-order valence-electron chi connectivity index (χ3n) is 6.23. The summed E-state index contributed by atoms with van der Waals surface area (Å²) in [7, 11) is 1.40. The van der Waals surface area contributed by atoms with Crippen LogP contribution in [-0.2, 0) is 48.3 Å². The minimum Gasteiger partial charge on any atom is -0.469 e. The summed E-state index contributed by atoms with van der Waals surface area (Å²) in [6.07, 6.45) is -0.641. The van der Waals surface area contributed by atoms with Gasteiger partial charge in [0.15, 0.2) is 0 Å². The summed E-state index contributed by atoms with van der Waals surface area (Å²) in [4.78, 5) is 11.9. The second-order valence-electron chi connectivity index (χ2n) is 8.85. The molecule has 0 saturated carbocycles.